The lowest BCUT2D eigenvalue weighted by Crippen LogP contribution is -2.35. The molecule has 0 spiro atoms. The van der Waals surface area contributed by atoms with E-state index in [-0.39, 0.29) is 0 Å². The van der Waals surface area contributed by atoms with E-state index in [0.29, 0.717) is 10.9 Å². The third-order valence-electron chi connectivity index (χ3n) is 3.08. The second-order valence-electron chi connectivity index (χ2n) is 4.67. The SMILES string of the molecule is CCNC(Cn1cc(S(C)(=O)=O)cn1)C1CC1. The topological polar surface area (TPSA) is 64.0 Å². The highest BCUT2D eigenvalue weighted by atomic mass is 32.2. The molecule has 0 bridgehead atoms. The highest BCUT2D eigenvalue weighted by Crippen LogP contribution is 2.33. The van der Waals surface area contributed by atoms with Crippen molar-refractivity contribution >= 4 is 9.84 Å². The Bertz CT molecular complexity index is 477. The van der Waals surface area contributed by atoms with Crippen molar-refractivity contribution in [3.63, 3.8) is 0 Å². The molecule has 0 saturated heterocycles. The average molecular weight is 257 g/mol. The van der Waals surface area contributed by atoms with Crippen molar-refractivity contribution < 1.29 is 8.42 Å². The fourth-order valence-electron chi connectivity index (χ4n) is 1.98. The van der Waals surface area contributed by atoms with Gasteiger partial charge in [-0.1, -0.05) is 6.92 Å². The van der Waals surface area contributed by atoms with Crippen LogP contribution in [0.15, 0.2) is 17.3 Å². The molecule has 1 unspecified atom stereocenters. The number of hydrogen-bond donors (Lipinski definition) is 1. The van der Waals surface area contributed by atoms with Crippen LogP contribution in [0.25, 0.3) is 0 Å². The van der Waals surface area contributed by atoms with Crippen LogP contribution in [-0.2, 0) is 16.4 Å². The van der Waals surface area contributed by atoms with Gasteiger partial charge in [-0.15, -0.1) is 0 Å². The molecule has 1 aliphatic rings. The van der Waals surface area contributed by atoms with E-state index < -0.39 is 9.84 Å². The summed E-state index contributed by atoms with van der Waals surface area (Å²) in [5.74, 6) is 0.723. The minimum absolute atomic E-state index is 0.295. The van der Waals surface area contributed by atoms with Crippen molar-refractivity contribution in [2.45, 2.75) is 37.2 Å². The van der Waals surface area contributed by atoms with Gasteiger partial charge in [0.25, 0.3) is 0 Å². The molecule has 1 aromatic rings. The summed E-state index contributed by atoms with van der Waals surface area (Å²) in [6.45, 7) is 3.76. The molecule has 1 aromatic heterocycles. The zero-order chi connectivity index (χ0) is 12.5. The highest BCUT2D eigenvalue weighted by Gasteiger charge is 2.31. The molecule has 1 atom stereocenters. The Kier molecular flexibility index (Phi) is 3.53. The summed E-state index contributed by atoms with van der Waals surface area (Å²) >= 11 is 0. The van der Waals surface area contributed by atoms with Crippen LogP contribution in [0.4, 0.5) is 0 Å². The summed E-state index contributed by atoms with van der Waals surface area (Å²) in [7, 11) is -3.14. The minimum atomic E-state index is -3.14. The van der Waals surface area contributed by atoms with Crippen molar-refractivity contribution in [3.05, 3.63) is 12.4 Å². The Morgan fingerprint density at radius 1 is 1.59 bits per heavy atom. The maximum Gasteiger partial charge on any atom is 0.178 e. The Morgan fingerprint density at radius 3 is 2.76 bits per heavy atom. The summed E-state index contributed by atoms with van der Waals surface area (Å²) in [5.41, 5.74) is 0. The number of nitrogens with zero attached hydrogens (tertiary/aromatic N) is 2. The first-order valence-electron chi connectivity index (χ1n) is 5.96. The van der Waals surface area contributed by atoms with Crippen LogP contribution in [0, 0.1) is 5.92 Å². The minimum Gasteiger partial charge on any atom is -0.312 e. The number of rotatable bonds is 6. The first-order chi connectivity index (χ1) is 8.00. The molecule has 0 aliphatic heterocycles. The van der Waals surface area contributed by atoms with Crippen LogP contribution in [-0.4, -0.2) is 37.0 Å². The van der Waals surface area contributed by atoms with Crippen molar-refractivity contribution in [2.24, 2.45) is 5.92 Å². The molecule has 0 amide bonds. The van der Waals surface area contributed by atoms with Crippen LogP contribution >= 0.6 is 0 Å². The summed E-state index contributed by atoms with van der Waals surface area (Å²) in [6.07, 6.45) is 6.76. The summed E-state index contributed by atoms with van der Waals surface area (Å²) in [4.78, 5) is 0.295. The second-order valence-corrected chi connectivity index (χ2v) is 6.69. The number of likely N-dealkylation sites (N-methyl/N-ethyl adjacent to an activating group) is 1. The smallest absolute Gasteiger partial charge is 0.178 e. The molecule has 1 saturated carbocycles. The fourth-order valence-corrected chi connectivity index (χ4v) is 2.53. The fraction of sp³-hybridized carbons (Fsp3) is 0.727. The first kappa shape index (κ1) is 12.6. The van der Waals surface area contributed by atoms with Gasteiger partial charge >= 0.3 is 0 Å². The number of hydrogen-bond acceptors (Lipinski definition) is 4. The normalized spacial score (nSPS) is 18.2. The van der Waals surface area contributed by atoms with Crippen molar-refractivity contribution in [1.82, 2.24) is 15.1 Å². The molecule has 1 N–H and O–H groups in total. The molecule has 1 fully saturated rings. The molecule has 0 radical (unpaired) electrons. The quantitative estimate of drug-likeness (QED) is 0.814. The van der Waals surface area contributed by atoms with Crippen molar-refractivity contribution in [3.8, 4) is 0 Å². The van der Waals surface area contributed by atoms with Crippen LogP contribution < -0.4 is 5.32 Å². The van der Waals surface area contributed by atoms with Gasteiger partial charge in [0.05, 0.1) is 12.7 Å². The lowest BCUT2D eigenvalue weighted by atomic mass is 10.2. The van der Waals surface area contributed by atoms with Gasteiger partial charge in [-0.05, 0) is 25.3 Å². The van der Waals surface area contributed by atoms with E-state index in [2.05, 4.69) is 17.3 Å². The largest absolute Gasteiger partial charge is 0.312 e. The predicted molar refractivity (Wildman–Crippen MR) is 65.5 cm³/mol. The van der Waals surface area contributed by atoms with E-state index >= 15 is 0 Å². The van der Waals surface area contributed by atoms with E-state index in [0.717, 1.165) is 19.0 Å². The van der Waals surface area contributed by atoms with Crippen LogP contribution in [0.3, 0.4) is 0 Å². The number of aromatic nitrogens is 2. The molecule has 0 aromatic carbocycles. The zero-order valence-electron chi connectivity index (χ0n) is 10.3. The third-order valence-corrected chi connectivity index (χ3v) is 4.15. The predicted octanol–water partition coefficient (Wildman–Crippen LogP) is 0.675. The van der Waals surface area contributed by atoms with Crippen LogP contribution in [0.5, 0.6) is 0 Å². The molecule has 1 aliphatic carbocycles. The van der Waals surface area contributed by atoms with E-state index in [4.69, 9.17) is 0 Å². The van der Waals surface area contributed by atoms with E-state index in [1.807, 2.05) is 0 Å². The zero-order valence-corrected chi connectivity index (χ0v) is 11.1. The summed E-state index contributed by atoms with van der Waals surface area (Å²) in [5, 5.41) is 7.54. The molecule has 1 heterocycles. The van der Waals surface area contributed by atoms with E-state index in [1.54, 1.807) is 10.9 Å². The van der Waals surface area contributed by atoms with Gasteiger partial charge in [0, 0.05) is 18.5 Å². The Hall–Kier alpha value is -0.880. The molecule has 5 nitrogen and oxygen atoms in total. The first-order valence-corrected chi connectivity index (χ1v) is 7.85. The highest BCUT2D eigenvalue weighted by molar-refractivity contribution is 7.90. The lowest BCUT2D eigenvalue weighted by Gasteiger charge is -2.16. The Labute approximate surface area is 102 Å². The molecule has 96 valence electrons. The van der Waals surface area contributed by atoms with Gasteiger partial charge in [0.2, 0.25) is 0 Å². The lowest BCUT2D eigenvalue weighted by molar-refractivity contribution is 0.396. The summed E-state index contributed by atoms with van der Waals surface area (Å²) < 4.78 is 24.4. The van der Waals surface area contributed by atoms with Gasteiger partial charge in [0.1, 0.15) is 4.90 Å². The second kappa shape index (κ2) is 4.78. The van der Waals surface area contributed by atoms with Gasteiger partial charge < -0.3 is 5.32 Å². The Balaban J connectivity index is 2.04. The molecule has 2 rings (SSSR count). The van der Waals surface area contributed by atoms with Crippen LogP contribution in [0.1, 0.15) is 19.8 Å². The van der Waals surface area contributed by atoms with Gasteiger partial charge in [-0.25, -0.2) is 8.42 Å². The Morgan fingerprint density at radius 2 is 2.29 bits per heavy atom. The van der Waals surface area contributed by atoms with Crippen LogP contribution in [0.2, 0.25) is 0 Å². The van der Waals surface area contributed by atoms with Gasteiger partial charge in [-0.2, -0.15) is 5.10 Å². The average Bonchev–Trinajstić information content (AvgIpc) is 2.96. The monoisotopic (exact) mass is 257 g/mol. The van der Waals surface area contributed by atoms with E-state index in [9.17, 15) is 8.42 Å². The van der Waals surface area contributed by atoms with Gasteiger partial charge in [0.15, 0.2) is 9.84 Å². The van der Waals surface area contributed by atoms with Gasteiger partial charge in [-0.3, -0.25) is 4.68 Å². The number of nitrogens with one attached hydrogen (secondary N) is 1. The third kappa shape index (κ3) is 3.29. The standard InChI is InChI=1S/C11H19N3O2S/c1-3-12-11(9-4-5-9)8-14-7-10(6-13-14)17(2,15)16/h6-7,9,11-12H,3-5,8H2,1-2H3. The van der Waals surface area contributed by atoms with Crippen molar-refractivity contribution in [2.75, 3.05) is 12.8 Å². The molecule has 17 heavy (non-hydrogen) atoms. The summed E-state index contributed by atoms with van der Waals surface area (Å²) in [6, 6.07) is 0.410. The maximum absolute atomic E-state index is 11.3. The maximum atomic E-state index is 11.3. The molecular formula is C11H19N3O2S. The molecular weight excluding hydrogens is 238 g/mol. The van der Waals surface area contributed by atoms with Crippen molar-refractivity contribution in [1.29, 1.82) is 0 Å². The molecule has 6 heteroatoms. The van der Waals surface area contributed by atoms with E-state index in [1.165, 1.54) is 25.3 Å². The number of sulfone groups is 1.